The highest BCUT2D eigenvalue weighted by Crippen LogP contribution is 2.38. The standard InChI is InChI=1S/C19H16N2O2S3/c1-3-23-19(22)12(2)26-18-14(11-20)13(16-6-4-8-24-16)10-15(21-18)17-7-5-9-25-17/h4-10,12H,3H2,1-2H3/t12-/m0/s1. The van der Waals surface area contributed by atoms with Crippen molar-refractivity contribution >= 4 is 40.4 Å². The molecule has 132 valence electrons. The van der Waals surface area contributed by atoms with Crippen LogP contribution in [0.25, 0.3) is 21.0 Å². The van der Waals surface area contributed by atoms with Crippen LogP contribution in [0.4, 0.5) is 0 Å². The van der Waals surface area contributed by atoms with Crippen LogP contribution in [-0.2, 0) is 9.53 Å². The van der Waals surface area contributed by atoms with Crippen LogP contribution in [0.2, 0.25) is 0 Å². The first-order valence-electron chi connectivity index (χ1n) is 8.00. The minimum absolute atomic E-state index is 0.303. The molecule has 0 aromatic carbocycles. The molecule has 3 heterocycles. The van der Waals surface area contributed by atoms with E-state index in [2.05, 4.69) is 11.1 Å². The largest absolute Gasteiger partial charge is 0.465 e. The number of thioether (sulfide) groups is 1. The first kappa shape index (κ1) is 18.6. The Balaban J connectivity index is 2.10. The van der Waals surface area contributed by atoms with Gasteiger partial charge < -0.3 is 4.74 Å². The number of pyridine rings is 1. The summed E-state index contributed by atoms with van der Waals surface area (Å²) in [5, 5.41) is 13.9. The summed E-state index contributed by atoms with van der Waals surface area (Å²) in [6.07, 6.45) is 0. The molecule has 0 saturated heterocycles. The number of thiophene rings is 2. The molecule has 26 heavy (non-hydrogen) atoms. The third kappa shape index (κ3) is 3.98. The number of nitriles is 1. The lowest BCUT2D eigenvalue weighted by Crippen LogP contribution is -2.17. The molecule has 0 unspecified atom stereocenters. The Kier molecular flexibility index (Phi) is 6.09. The smallest absolute Gasteiger partial charge is 0.319 e. The van der Waals surface area contributed by atoms with Crippen molar-refractivity contribution < 1.29 is 9.53 Å². The monoisotopic (exact) mass is 400 g/mol. The Morgan fingerprint density at radius 1 is 1.31 bits per heavy atom. The summed E-state index contributed by atoms with van der Waals surface area (Å²) in [5.74, 6) is -0.303. The predicted molar refractivity (Wildman–Crippen MR) is 108 cm³/mol. The van der Waals surface area contributed by atoms with Crippen molar-refractivity contribution in [1.29, 1.82) is 5.26 Å². The number of ether oxygens (including phenoxy) is 1. The van der Waals surface area contributed by atoms with E-state index in [9.17, 15) is 10.1 Å². The molecular weight excluding hydrogens is 384 g/mol. The molecule has 0 aliphatic carbocycles. The van der Waals surface area contributed by atoms with Crippen LogP contribution in [0.1, 0.15) is 19.4 Å². The average molecular weight is 401 g/mol. The summed E-state index contributed by atoms with van der Waals surface area (Å²) in [7, 11) is 0. The number of nitrogens with zero attached hydrogens (tertiary/aromatic N) is 2. The molecule has 0 aliphatic heterocycles. The lowest BCUT2D eigenvalue weighted by Gasteiger charge is -2.14. The molecule has 1 atom stereocenters. The fourth-order valence-electron chi connectivity index (χ4n) is 2.37. The van der Waals surface area contributed by atoms with Gasteiger partial charge in [-0.3, -0.25) is 4.79 Å². The topological polar surface area (TPSA) is 63.0 Å². The second-order valence-electron chi connectivity index (χ2n) is 5.31. The number of carbonyl (C=O) groups excluding carboxylic acids is 1. The van der Waals surface area contributed by atoms with Crippen molar-refractivity contribution in [3.8, 4) is 27.1 Å². The third-order valence-electron chi connectivity index (χ3n) is 3.57. The van der Waals surface area contributed by atoms with Gasteiger partial charge in [0, 0.05) is 10.4 Å². The number of esters is 1. The van der Waals surface area contributed by atoms with Gasteiger partial charge in [0.25, 0.3) is 0 Å². The molecule has 0 saturated carbocycles. The van der Waals surface area contributed by atoms with E-state index in [4.69, 9.17) is 4.74 Å². The molecule has 3 rings (SSSR count). The van der Waals surface area contributed by atoms with Gasteiger partial charge in [-0.2, -0.15) is 5.26 Å². The van der Waals surface area contributed by atoms with Gasteiger partial charge in [-0.05, 0) is 42.8 Å². The molecule has 0 radical (unpaired) electrons. The van der Waals surface area contributed by atoms with Crippen molar-refractivity contribution in [3.05, 3.63) is 46.7 Å². The first-order valence-corrected chi connectivity index (χ1v) is 10.6. The van der Waals surface area contributed by atoms with Crippen LogP contribution in [-0.4, -0.2) is 22.8 Å². The Hall–Kier alpha value is -2.14. The number of rotatable bonds is 6. The van der Waals surface area contributed by atoms with Gasteiger partial charge >= 0.3 is 5.97 Å². The average Bonchev–Trinajstić information content (AvgIpc) is 3.35. The number of hydrogen-bond acceptors (Lipinski definition) is 7. The first-order chi connectivity index (χ1) is 12.6. The molecule has 0 amide bonds. The number of aromatic nitrogens is 1. The molecule has 0 bridgehead atoms. The predicted octanol–water partition coefficient (Wildman–Crippen LogP) is 5.45. The molecule has 3 aromatic rings. The van der Waals surface area contributed by atoms with Crippen molar-refractivity contribution in [2.75, 3.05) is 6.61 Å². The summed E-state index contributed by atoms with van der Waals surface area (Å²) >= 11 is 4.44. The van der Waals surface area contributed by atoms with E-state index in [1.807, 2.05) is 41.1 Å². The number of hydrogen-bond donors (Lipinski definition) is 0. The van der Waals surface area contributed by atoms with Crippen LogP contribution in [0.3, 0.4) is 0 Å². The Labute approximate surface area is 164 Å². The quantitative estimate of drug-likeness (QED) is 0.406. The molecule has 0 N–H and O–H groups in total. The molecule has 4 nitrogen and oxygen atoms in total. The summed E-state index contributed by atoms with van der Waals surface area (Å²) in [6, 6.07) is 12.1. The highest BCUT2D eigenvalue weighted by molar-refractivity contribution is 8.00. The van der Waals surface area contributed by atoms with Gasteiger partial charge in [0.1, 0.15) is 16.3 Å². The second-order valence-corrected chi connectivity index (χ2v) is 8.54. The van der Waals surface area contributed by atoms with E-state index in [0.29, 0.717) is 17.2 Å². The van der Waals surface area contributed by atoms with Crippen molar-refractivity contribution in [2.24, 2.45) is 0 Å². The summed E-state index contributed by atoms with van der Waals surface area (Å²) < 4.78 is 5.09. The van der Waals surface area contributed by atoms with Crippen molar-refractivity contribution in [2.45, 2.75) is 24.1 Å². The van der Waals surface area contributed by atoms with Crippen LogP contribution in [0.5, 0.6) is 0 Å². The zero-order chi connectivity index (χ0) is 18.5. The zero-order valence-electron chi connectivity index (χ0n) is 14.3. The van der Waals surface area contributed by atoms with E-state index >= 15 is 0 Å². The molecule has 0 spiro atoms. The summed E-state index contributed by atoms with van der Waals surface area (Å²) in [6.45, 7) is 3.88. The number of carbonyl (C=O) groups is 1. The normalized spacial score (nSPS) is 11.7. The maximum Gasteiger partial charge on any atom is 0.319 e. The Morgan fingerprint density at radius 2 is 2.00 bits per heavy atom. The van der Waals surface area contributed by atoms with Gasteiger partial charge in [-0.25, -0.2) is 4.98 Å². The van der Waals surface area contributed by atoms with Gasteiger partial charge in [0.2, 0.25) is 0 Å². The molecule has 3 aromatic heterocycles. The van der Waals surface area contributed by atoms with E-state index < -0.39 is 5.25 Å². The fraction of sp³-hybridized carbons (Fsp3) is 0.211. The maximum absolute atomic E-state index is 12.0. The SMILES string of the molecule is CCOC(=O)[C@H](C)Sc1nc(-c2cccs2)cc(-c2cccs2)c1C#N. The van der Waals surface area contributed by atoms with Crippen LogP contribution in [0.15, 0.2) is 46.1 Å². The summed E-state index contributed by atoms with van der Waals surface area (Å²) in [5.41, 5.74) is 2.15. The van der Waals surface area contributed by atoms with Crippen molar-refractivity contribution in [1.82, 2.24) is 4.98 Å². The van der Waals surface area contributed by atoms with Gasteiger partial charge in [0.05, 0.1) is 22.7 Å². The minimum Gasteiger partial charge on any atom is -0.465 e. The van der Waals surface area contributed by atoms with Crippen LogP contribution < -0.4 is 0 Å². The van der Waals surface area contributed by atoms with E-state index in [0.717, 1.165) is 21.0 Å². The zero-order valence-corrected chi connectivity index (χ0v) is 16.7. The molecular formula is C19H16N2O2S3. The van der Waals surface area contributed by atoms with Gasteiger partial charge in [0.15, 0.2) is 0 Å². The highest BCUT2D eigenvalue weighted by Gasteiger charge is 2.22. The van der Waals surface area contributed by atoms with E-state index in [1.165, 1.54) is 11.8 Å². The molecule has 0 fully saturated rings. The van der Waals surface area contributed by atoms with E-state index in [1.54, 1.807) is 36.5 Å². The maximum atomic E-state index is 12.0. The highest BCUT2D eigenvalue weighted by atomic mass is 32.2. The lowest BCUT2D eigenvalue weighted by molar-refractivity contribution is -0.142. The van der Waals surface area contributed by atoms with Crippen LogP contribution in [0, 0.1) is 11.3 Å². The van der Waals surface area contributed by atoms with Gasteiger partial charge in [-0.15, -0.1) is 22.7 Å². The van der Waals surface area contributed by atoms with E-state index in [-0.39, 0.29) is 5.97 Å². The summed E-state index contributed by atoms with van der Waals surface area (Å²) in [4.78, 5) is 18.7. The lowest BCUT2D eigenvalue weighted by atomic mass is 10.1. The van der Waals surface area contributed by atoms with Crippen molar-refractivity contribution in [3.63, 3.8) is 0 Å². The Bertz CT molecular complexity index is 929. The minimum atomic E-state index is -0.440. The molecule has 0 aliphatic rings. The second kappa shape index (κ2) is 8.49. The molecule has 7 heteroatoms. The Morgan fingerprint density at radius 3 is 2.58 bits per heavy atom. The third-order valence-corrected chi connectivity index (χ3v) is 6.43. The van der Waals surface area contributed by atoms with Crippen LogP contribution >= 0.6 is 34.4 Å². The fourth-order valence-corrected chi connectivity index (χ4v) is 4.73. The van der Waals surface area contributed by atoms with Gasteiger partial charge in [-0.1, -0.05) is 23.9 Å².